The number of rotatable bonds is 4. The van der Waals surface area contributed by atoms with E-state index in [1.165, 1.54) is 5.56 Å². The lowest BCUT2D eigenvalue weighted by Crippen LogP contribution is -2.25. The van der Waals surface area contributed by atoms with E-state index in [0.29, 0.717) is 0 Å². The zero-order valence-electron chi connectivity index (χ0n) is 9.97. The lowest BCUT2D eigenvalue weighted by Gasteiger charge is -2.13. The maximum absolute atomic E-state index is 5.77. The first-order valence-corrected chi connectivity index (χ1v) is 5.87. The van der Waals surface area contributed by atoms with E-state index < -0.39 is 0 Å². The Hall–Kier alpha value is -1.80. The summed E-state index contributed by atoms with van der Waals surface area (Å²) in [7, 11) is 0. The molecule has 0 heterocycles. The molecule has 2 heteroatoms. The fourth-order valence-electron chi connectivity index (χ4n) is 1.64. The first-order chi connectivity index (χ1) is 8.29. The van der Waals surface area contributed by atoms with Gasteiger partial charge in [-0.2, -0.15) is 0 Å². The molecule has 0 fully saturated rings. The molecule has 0 saturated carbocycles. The van der Waals surface area contributed by atoms with Crippen molar-refractivity contribution in [3.63, 3.8) is 0 Å². The van der Waals surface area contributed by atoms with Crippen LogP contribution in [0.5, 0.6) is 5.75 Å². The highest BCUT2D eigenvalue weighted by molar-refractivity contribution is 5.64. The highest BCUT2D eigenvalue weighted by Gasteiger charge is 2.03. The molecule has 2 aromatic rings. The lowest BCUT2D eigenvalue weighted by atomic mass is 10.1. The van der Waals surface area contributed by atoms with E-state index in [2.05, 4.69) is 18.2 Å². The molecule has 2 aromatic carbocycles. The van der Waals surface area contributed by atoms with Crippen molar-refractivity contribution in [1.82, 2.24) is 0 Å². The zero-order chi connectivity index (χ0) is 12.1. The minimum Gasteiger partial charge on any atom is -0.476 e. The third kappa shape index (κ3) is 3.08. The average Bonchev–Trinajstić information content (AvgIpc) is 2.40. The molecular weight excluding hydrogens is 210 g/mol. The molecular formula is C15H17NO. The van der Waals surface area contributed by atoms with Gasteiger partial charge in [-0.05, 0) is 29.7 Å². The molecule has 2 N–H and O–H groups in total. The number of hydrogen-bond donors (Lipinski definition) is 1. The van der Waals surface area contributed by atoms with Crippen LogP contribution in [0.4, 0.5) is 0 Å². The van der Waals surface area contributed by atoms with Crippen molar-refractivity contribution in [2.45, 2.75) is 19.6 Å². The largest absolute Gasteiger partial charge is 0.476 e. The van der Waals surface area contributed by atoms with Crippen LogP contribution in [-0.2, 0) is 0 Å². The molecule has 0 radical (unpaired) electrons. The molecule has 0 bridgehead atoms. The molecule has 0 aliphatic carbocycles. The summed E-state index contributed by atoms with van der Waals surface area (Å²) in [5, 5.41) is 0. The fourth-order valence-corrected chi connectivity index (χ4v) is 1.64. The van der Waals surface area contributed by atoms with Gasteiger partial charge in [-0.3, -0.25) is 5.73 Å². The van der Waals surface area contributed by atoms with Gasteiger partial charge in [-0.1, -0.05) is 49.4 Å². The van der Waals surface area contributed by atoms with Gasteiger partial charge in [-0.25, -0.2) is 0 Å². The van der Waals surface area contributed by atoms with E-state index >= 15 is 0 Å². The number of nitrogens with two attached hydrogens (primary N) is 1. The second-order valence-electron chi connectivity index (χ2n) is 3.96. The van der Waals surface area contributed by atoms with E-state index in [9.17, 15) is 0 Å². The SMILES string of the molecule is CCC(N)Oc1cccc(-c2ccccc2)c1. The van der Waals surface area contributed by atoms with Crippen LogP contribution in [-0.4, -0.2) is 6.23 Å². The third-order valence-corrected chi connectivity index (χ3v) is 2.63. The number of ether oxygens (including phenoxy) is 1. The minimum absolute atomic E-state index is 0.235. The molecule has 17 heavy (non-hydrogen) atoms. The van der Waals surface area contributed by atoms with Gasteiger partial charge in [0, 0.05) is 0 Å². The van der Waals surface area contributed by atoms with E-state index in [0.717, 1.165) is 17.7 Å². The number of hydrogen-bond acceptors (Lipinski definition) is 2. The van der Waals surface area contributed by atoms with E-state index in [1.807, 2.05) is 43.3 Å². The van der Waals surface area contributed by atoms with Crippen LogP contribution in [0, 0.1) is 0 Å². The Morgan fingerprint density at radius 1 is 1.00 bits per heavy atom. The molecule has 0 spiro atoms. The van der Waals surface area contributed by atoms with Crippen LogP contribution in [0.2, 0.25) is 0 Å². The van der Waals surface area contributed by atoms with Crippen LogP contribution in [0.25, 0.3) is 11.1 Å². The summed E-state index contributed by atoms with van der Waals surface area (Å²) in [6, 6.07) is 18.2. The maximum atomic E-state index is 5.77. The smallest absolute Gasteiger partial charge is 0.147 e. The Balaban J connectivity index is 2.23. The fraction of sp³-hybridized carbons (Fsp3) is 0.200. The molecule has 0 aromatic heterocycles. The van der Waals surface area contributed by atoms with Crippen molar-refractivity contribution < 1.29 is 4.74 Å². The summed E-state index contributed by atoms with van der Waals surface area (Å²) >= 11 is 0. The van der Waals surface area contributed by atoms with Crippen molar-refractivity contribution in [2.24, 2.45) is 5.73 Å². The molecule has 2 nitrogen and oxygen atoms in total. The third-order valence-electron chi connectivity index (χ3n) is 2.63. The maximum Gasteiger partial charge on any atom is 0.147 e. The second kappa shape index (κ2) is 5.51. The molecule has 88 valence electrons. The summed E-state index contributed by atoms with van der Waals surface area (Å²) in [4.78, 5) is 0. The molecule has 2 rings (SSSR count). The summed E-state index contributed by atoms with van der Waals surface area (Å²) in [6.45, 7) is 2.01. The highest BCUT2D eigenvalue weighted by atomic mass is 16.5. The van der Waals surface area contributed by atoms with Crippen molar-refractivity contribution in [3.05, 3.63) is 54.6 Å². The monoisotopic (exact) mass is 227 g/mol. The van der Waals surface area contributed by atoms with Gasteiger partial charge < -0.3 is 4.74 Å². The molecule has 1 atom stereocenters. The van der Waals surface area contributed by atoms with Crippen molar-refractivity contribution in [2.75, 3.05) is 0 Å². The van der Waals surface area contributed by atoms with Gasteiger partial charge in [-0.15, -0.1) is 0 Å². The summed E-state index contributed by atoms with van der Waals surface area (Å²) in [6.07, 6.45) is 0.566. The van der Waals surface area contributed by atoms with Gasteiger partial charge in [0.25, 0.3) is 0 Å². The Morgan fingerprint density at radius 2 is 1.71 bits per heavy atom. The summed E-state index contributed by atoms with van der Waals surface area (Å²) in [5.41, 5.74) is 8.10. The Labute approximate surface area is 102 Å². The van der Waals surface area contributed by atoms with Crippen LogP contribution in [0.3, 0.4) is 0 Å². The minimum atomic E-state index is -0.235. The van der Waals surface area contributed by atoms with Gasteiger partial charge in [0.05, 0.1) is 0 Å². The predicted octanol–water partition coefficient (Wildman–Crippen LogP) is 3.43. The van der Waals surface area contributed by atoms with E-state index in [1.54, 1.807) is 0 Å². The molecule has 0 aliphatic rings. The molecule has 1 unspecified atom stereocenters. The lowest BCUT2D eigenvalue weighted by molar-refractivity contribution is 0.205. The summed E-state index contributed by atoms with van der Waals surface area (Å²) < 4.78 is 5.60. The highest BCUT2D eigenvalue weighted by Crippen LogP contribution is 2.23. The average molecular weight is 227 g/mol. The molecule has 0 aliphatic heterocycles. The van der Waals surface area contributed by atoms with Crippen LogP contribution in [0.15, 0.2) is 54.6 Å². The van der Waals surface area contributed by atoms with Crippen molar-refractivity contribution >= 4 is 0 Å². The molecule has 0 amide bonds. The topological polar surface area (TPSA) is 35.2 Å². The van der Waals surface area contributed by atoms with Gasteiger partial charge in [0.1, 0.15) is 12.0 Å². The van der Waals surface area contributed by atoms with Crippen LogP contribution < -0.4 is 10.5 Å². The number of benzene rings is 2. The quantitative estimate of drug-likeness (QED) is 0.812. The van der Waals surface area contributed by atoms with Crippen molar-refractivity contribution in [1.29, 1.82) is 0 Å². The Kier molecular flexibility index (Phi) is 3.78. The first kappa shape index (κ1) is 11.7. The normalized spacial score (nSPS) is 12.1. The molecule has 0 saturated heterocycles. The predicted molar refractivity (Wildman–Crippen MR) is 70.8 cm³/mol. The standard InChI is InChI=1S/C15H17NO/c1-2-15(16)17-14-10-6-9-13(11-14)12-7-4-3-5-8-12/h3-11,15H,2,16H2,1H3. The van der Waals surface area contributed by atoms with E-state index in [-0.39, 0.29) is 6.23 Å². The van der Waals surface area contributed by atoms with Crippen LogP contribution >= 0.6 is 0 Å². The van der Waals surface area contributed by atoms with Gasteiger partial charge >= 0.3 is 0 Å². The Morgan fingerprint density at radius 3 is 2.41 bits per heavy atom. The van der Waals surface area contributed by atoms with E-state index in [4.69, 9.17) is 10.5 Å². The zero-order valence-corrected chi connectivity index (χ0v) is 9.97. The first-order valence-electron chi connectivity index (χ1n) is 5.87. The van der Waals surface area contributed by atoms with Crippen LogP contribution in [0.1, 0.15) is 13.3 Å². The summed E-state index contributed by atoms with van der Waals surface area (Å²) in [5.74, 6) is 0.820. The van der Waals surface area contributed by atoms with Gasteiger partial charge in [0.2, 0.25) is 0 Å². The Bertz CT molecular complexity index is 467. The van der Waals surface area contributed by atoms with Gasteiger partial charge in [0.15, 0.2) is 0 Å². The second-order valence-corrected chi connectivity index (χ2v) is 3.96. The van der Waals surface area contributed by atoms with Crippen molar-refractivity contribution in [3.8, 4) is 16.9 Å².